The van der Waals surface area contributed by atoms with Crippen molar-refractivity contribution in [3.63, 3.8) is 0 Å². The number of anilines is 2. The number of unbranched alkanes of at least 4 members (excludes halogenated alkanes) is 1. The Morgan fingerprint density at radius 2 is 1.40 bits per heavy atom. The zero-order chi connectivity index (χ0) is 35.5. The van der Waals surface area contributed by atoms with Gasteiger partial charge in [-0.25, -0.2) is 0 Å². The lowest BCUT2D eigenvalue weighted by Crippen LogP contribution is -2.40. The van der Waals surface area contributed by atoms with Crippen LogP contribution < -0.4 is 9.80 Å². The van der Waals surface area contributed by atoms with Crippen molar-refractivity contribution in [1.29, 1.82) is 0 Å². The van der Waals surface area contributed by atoms with E-state index >= 15 is 0 Å². The highest BCUT2D eigenvalue weighted by Crippen LogP contribution is 2.51. The van der Waals surface area contributed by atoms with E-state index in [0.29, 0.717) is 6.04 Å². The summed E-state index contributed by atoms with van der Waals surface area (Å²) in [6.07, 6.45) is 29.3. The first kappa shape index (κ1) is 39.3. The van der Waals surface area contributed by atoms with E-state index in [9.17, 15) is 0 Å². The fourth-order valence-electron chi connectivity index (χ4n) is 7.61. The molecule has 2 aliphatic rings. The highest BCUT2D eigenvalue weighted by molar-refractivity contribution is 7.80. The maximum Gasteiger partial charge on any atom is 0.0568 e. The molecule has 0 N–H and O–H groups in total. The van der Waals surface area contributed by atoms with Crippen LogP contribution in [0.3, 0.4) is 0 Å². The van der Waals surface area contributed by atoms with Crippen LogP contribution >= 0.6 is 12.6 Å². The quantitative estimate of drug-likeness (QED) is 0.129. The molecule has 0 aliphatic carbocycles. The summed E-state index contributed by atoms with van der Waals surface area (Å²) in [6, 6.07) is 9.54. The second-order valence-electron chi connectivity index (χ2n) is 14.0. The van der Waals surface area contributed by atoms with Crippen LogP contribution in [0, 0.1) is 13.8 Å². The molecule has 2 aromatic rings. The van der Waals surface area contributed by atoms with Gasteiger partial charge in [0.15, 0.2) is 0 Å². The van der Waals surface area contributed by atoms with Crippen molar-refractivity contribution < 1.29 is 0 Å². The number of benzene rings is 2. The summed E-state index contributed by atoms with van der Waals surface area (Å²) < 4.78 is 0. The van der Waals surface area contributed by atoms with Crippen LogP contribution in [0.2, 0.25) is 0 Å². The lowest BCUT2D eigenvalue weighted by atomic mass is 9.77. The summed E-state index contributed by atoms with van der Waals surface area (Å²) >= 11 is 4.49. The highest BCUT2D eigenvalue weighted by atomic mass is 32.1. The number of allylic oxidation sites excluding steroid dienone is 9. The Hall–Kier alpha value is -3.17. The molecule has 2 aromatic carbocycles. The van der Waals surface area contributed by atoms with Crippen LogP contribution in [0.15, 0.2) is 84.6 Å². The lowest BCUT2D eigenvalue weighted by Gasteiger charge is -2.32. The van der Waals surface area contributed by atoms with E-state index in [-0.39, 0.29) is 10.8 Å². The average Bonchev–Trinajstić information content (AvgIpc) is 3.41. The molecule has 0 aromatic heterocycles. The predicted molar refractivity (Wildman–Crippen MR) is 221 cm³/mol. The van der Waals surface area contributed by atoms with Crippen LogP contribution in [0.4, 0.5) is 11.4 Å². The Kier molecular flexibility index (Phi) is 14.7. The molecule has 0 saturated carbocycles. The molecule has 2 heterocycles. The fourth-order valence-corrected chi connectivity index (χ4v) is 7.83. The second kappa shape index (κ2) is 18.0. The molecular weight excluding hydrogens is 601 g/mol. The number of rotatable bonds is 13. The van der Waals surface area contributed by atoms with Gasteiger partial charge in [-0.1, -0.05) is 128 Å². The number of hydrogen-bond acceptors (Lipinski definition) is 3. The van der Waals surface area contributed by atoms with Crippen molar-refractivity contribution in [2.45, 2.75) is 119 Å². The highest BCUT2D eigenvalue weighted by Gasteiger charge is 2.44. The van der Waals surface area contributed by atoms with Crippen molar-refractivity contribution in [3.05, 3.63) is 118 Å². The minimum absolute atomic E-state index is 0.00367. The van der Waals surface area contributed by atoms with Gasteiger partial charge in [0, 0.05) is 41.0 Å². The van der Waals surface area contributed by atoms with E-state index in [1.54, 1.807) is 0 Å². The minimum atomic E-state index is -0.0671. The monoisotopic (exact) mass is 664 g/mol. The number of nitrogens with zero attached hydrogens (tertiary/aromatic N) is 2. The molecule has 1 unspecified atom stereocenters. The summed E-state index contributed by atoms with van der Waals surface area (Å²) in [6.45, 7) is 26.7. The van der Waals surface area contributed by atoms with Gasteiger partial charge < -0.3 is 9.80 Å². The molecule has 3 heteroatoms. The van der Waals surface area contributed by atoms with Gasteiger partial charge >= 0.3 is 0 Å². The zero-order valence-electron chi connectivity index (χ0n) is 32.0. The Morgan fingerprint density at radius 3 is 2.02 bits per heavy atom. The van der Waals surface area contributed by atoms with E-state index in [4.69, 9.17) is 0 Å². The third kappa shape index (κ3) is 8.16. The number of hydrogen-bond donors (Lipinski definition) is 1. The van der Waals surface area contributed by atoms with Crippen molar-refractivity contribution >= 4 is 36.2 Å². The zero-order valence-corrected chi connectivity index (χ0v) is 32.9. The van der Waals surface area contributed by atoms with E-state index in [2.05, 4.69) is 176 Å². The summed E-state index contributed by atoms with van der Waals surface area (Å²) in [7, 11) is 0. The second-order valence-corrected chi connectivity index (χ2v) is 14.4. The maximum absolute atomic E-state index is 4.49. The van der Waals surface area contributed by atoms with Crippen LogP contribution in [-0.4, -0.2) is 24.9 Å². The van der Waals surface area contributed by atoms with E-state index in [1.807, 2.05) is 13.8 Å². The summed E-state index contributed by atoms with van der Waals surface area (Å²) in [4.78, 5) is 5.17. The van der Waals surface area contributed by atoms with Gasteiger partial charge in [0.05, 0.1) is 6.04 Å². The molecule has 0 saturated heterocycles. The SMILES string of the molecule is C/C=C\c1c(C)ccc2c1C(C)(C)\C(=C/C=C/C=C/C=C/C1N(CCCCS)c3ccc(C)c(/C=C\CC)c3C1(C)C)N2CCC.CC. The van der Waals surface area contributed by atoms with Crippen molar-refractivity contribution in [1.82, 2.24) is 0 Å². The first-order valence-electron chi connectivity index (χ1n) is 18.5. The summed E-state index contributed by atoms with van der Waals surface area (Å²) in [5.41, 5.74) is 12.4. The third-order valence-electron chi connectivity index (χ3n) is 9.86. The van der Waals surface area contributed by atoms with E-state index in [0.717, 1.165) is 44.5 Å². The molecule has 260 valence electrons. The minimum Gasteiger partial charge on any atom is -0.364 e. The van der Waals surface area contributed by atoms with E-state index in [1.165, 1.54) is 50.5 Å². The molecule has 4 rings (SSSR count). The third-order valence-corrected chi connectivity index (χ3v) is 10.2. The predicted octanol–water partition coefficient (Wildman–Crippen LogP) is 12.7. The van der Waals surface area contributed by atoms with Gasteiger partial charge in [-0.3, -0.25) is 0 Å². The smallest absolute Gasteiger partial charge is 0.0568 e. The molecule has 0 spiro atoms. The molecule has 0 bridgehead atoms. The standard InChI is InChI=1S/C43H58N2S.C2H6/c1-10-13-22-35-33(5)26-28-37-41(35)43(8,9)39(45(37)30-19-20-31-46)24-18-16-14-15-17-23-38-42(6,7)40-34(21-11-2)32(4)25-27-36(40)44(38)29-12-3;1-2/h11,13-18,21-28,39,46H,10,12,19-20,29-31H2,1-9H3;1-2H3/b16-14+,17-15+,21-11-,22-13-,24-18+,38-23+;. The van der Waals surface area contributed by atoms with Gasteiger partial charge in [-0.2, -0.15) is 12.6 Å². The normalized spacial score (nSPS) is 19.1. The molecular formula is C45H64N2S. The molecule has 2 aliphatic heterocycles. The maximum atomic E-state index is 4.49. The average molecular weight is 665 g/mol. The number of thiol groups is 1. The van der Waals surface area contributed by atoms with Crippen molar-refractivity contribution in [2.75, 3.05) is 28.6 Å². The van der Waals surface area contributed by atoms with Crippen LogP contribution in [0.1, 0.15) is 121 Å². The first-order valence-corrected chi connectivity index (χ1v) is 19.1. The van der Waals surface area contributed by atoms with Crippen LogP contribution in [0.5, 0.6) is 0 Å². The van der Waals surface area contributed by atoms with Crippen molar-refractivity contribution in [3.8, 4) is 0 Å². The van der Waals surface area contributed by atoms with Gasteiger partial charge in [-0.05, 0) is 104 Å². The molecule has 2 nitrogen and oxygen atoms in total. The molecule has 48 heavy (non-hydrogen) atoms. The van der Waals surface area contributed by atoms with Gasteiger partial charge in [-0.15, -0.1) is 0 Å². The lowest BCUT2D eigenvalue weighted by molar-refractivity contribution is 0.471. The molecule has 1 atom stereocenters. The fraction of sp³-hybridized carbons (Fsp3) is 0.467. The Labute approximate surface area is 300 Å². The van der Waals surface area contributed by atoms with Gasteiger partial charge in [0.25, 0.3) is 0 Å². The largest absolute Gasteiger partial charge is 0.364 e. The summed E-state index contributed by atoms with van der Waals surface area (Å²) in [5, 5.41) is 0. The number of fused-ring (bicyclic) bond motifs is 2. The first-order chi connectivity index (χ1) is 23.1. The molecule has 0 fully saturated rings. The Morgan fingerprint density at radius 1 is 0.771 bits per heavy atom. The van der Waals surface area contributed by atoms with Crippen LogP contribution in [0.25, 0.3) is 12.2 Å². The topological polar surface area (TPSA) is 6.48 Å². The molecule has 0 amide bonds. The Bertz CT molecular complexity index is 1550. The summed E-state index contributed by atoms with van der Waals surface area (Å²) in [5.74, 6) is 0.935. The Balaban J connectivity index is 0.00000307. The van der Waals surface area contributed by atoms with Gasteiger partial charge in [0.2, 0.25) is 0 Å². The van der Waals surface area contributed by atoms with Crippen molar-refractivity contribution in [2.24, 2.45) is 0 Å². The number of aryl methyl sites for hydroxylation is 2. The van der Waals surface area contributed by atoms with Gasteiger partial charge in [0.1, 0.15) is 0 Å². The molecule has 0 radical (unpaired) electrons. The van der Waals surface area contributed by atoms with Crippen LogP contribution in [-0.2, 0) is 10.8 Å². The van der Waals surface area contributed by atoms with E-state index < -0.39 is 0 Å².